The molecule has 3 N–H and O–H groups in total. The van der Waals surface area contributed by atoms with Gasteiger partial charge < -0.3 is 20.5 Å². The van der Waals surface area contributed by atoms with Crippen LogP contribution in [0.1, 0.15) is 43.9 Å². The Balaban J connectivity index is 1.44. The monoisotopic (exact) mass is 438 g/mol. The Bertz CT molecular complexity index is 835. The minimum Gasteiger partial charge on any atom is -0.491 e. The number of hydrogen-bond donors (Lipinski definition) is 3. The third kappa shape index (κ3) is 7.53. The summed E-state index contributed by atoms with van der Waals surface area (Å²) in [7, 11) is 0. The number of aryl methyl sites for hydroxylation is 1. The Kier molecular flexibility index (Phi) is 9.38. The second-order valence-electron chi connectivity index (χ2n) is 8.54. The summed E-state index contributed by atoms with van der Waals surface area (Å²) in [6, 6.07) is 19.4. The molecule has 2 atom stereocenters. The molecule has 1 saturated heterocycles. The molecule has 1 heterocycles. The Morgan fingerprint density at radius 3 is 2.59 bits per heavy atom. The van der Waals surface area contributed by atoms with Crippen LogP contribution in [-0.2, 0) is 0 Å². The van der Waals surface area contributed by atoms with Gasteiger partial charge in [-0.15, -0.1) is 0 Å². The van der Waals surface area contributed by atoms with Crippen molar-refractivity contribution in [2.24, 2.45) is 4.99 Å². The van der Waals surface area contributed by atoms with E-state index in [9.17, 15) is 5.11 Å². The van der Waals surface area contributed by atoms with E-state index in [1.165, 1.54) is 5.56 Å². The highest BCUT2D eigenvalue weighted by Gasteiger charge is 2.24. The molecule has 6 nitrogen and oxygen atoms in total. The molecule has 2 aromatic carbocycles. The first kappa shape index (κ1) is 24.1. The molecule has 2 aromatic rings. The van der Waals surface area contributed by atoms with Gasteiger partial charge in [0.15, 0.2) is 5.96 Å². The lowest BCUT2D eigenvalue weighted by molar-refractivity contribution is 0.114. The summed E-state index contributed by atoms with van der Waals surface area (Å²) in [4.78, 5) is 7.14. The van der Waals surface area contributed by atoms with Gasteiger partial charge in [0.25, 0.3) is 0 Å². The zero-order valence-corrected chi connectivity index (χ0v) is 19.6. The van der Waals surface area contributed by atoms with Crippen LogP contribution >= 0.6 is 0 Å². The minimum absolute atomic E-state index is 0.224. The summed E-state index contributed by atoms with van der Waals surface area (Å²) >= 11 is 0. The maximum absolute atomic E-state index is 10.3. The van der Waals surface area contributed by atoms with Gasteiger partial charge >= 0.3 is 0 Å². The average molecular weight is 439 g/mol. The smallest absolute Gasteiger partial charge is 0.191 e. The molecule has 1 aliphatic heterocycles. The maximum atomic E-state index is 10.3. The van der Waals surface area contributed by atoms with Crippen molar-refractivity contribution >= 4 is 5.96 Å². The van der Waals surface area contributed by atoms with Crippen LogP contribution in [0.4, 0.5) is 0 Å². The number of benzene rings is 2. The van der Waals surface area contributed by atoms with E-state index in [1.807, 2.05) is 31.2 Å². The Morgan fingerprint density at radius 1 is 1.16 bits per heavy atom. The molecule has 6 heteroatoms. The van der Waals surface area contributed by atoms with Gasteiger partial charge in [0.2, 0.25) is 0 Å². The molecule has 1 aliphatic rings. The van der Waals surface area contributed by atoms with Crippen LogP contribution < -0.4 is 15.4 Å². The quantitative estimate of drug-likeness (QED) is 0.413. The first-order valence-corrected chi connectivity index (χ1v) is 11.8. The van der Waals surface area contributed by atoms with Gasteiger partial charge in [-0.3, -0.25) is 9.89 Å². The van der Waals surface area contributed by atoms with Crippen molar-refractivity contribution in [3.05, 3.63) is 65.7 Å². The zero-order valence-electron chi connectivity index (χ0n) is 19.6. The Morgan fingerprint density at radius 2 is 1.91 bits per heavy atom. The third-order valence-electron chi connectivity index (χ3n) is 5.94. The SMILES string of the molecule is CCNC(=NCC(O)COc1cccc(C)c1)NC1CCN(C(C)c2ccccc2)CC1. The predicted molar refractivity (Wildman–Crippen MR) is 131 cm³/mol. The molecule has 0 bridgehead atoms. The van der Waals surface area contributed by atoms with Crippen LogP contribution in [0.3, 0.4) is 0 Å². The minimum atomic E-state index is -0.653. The Hall–Kier alpha value is -2.57. The van der Waals surface area contributed by atoms with Gasteiger partial charge in [-0.05, 0) is 56.9 Å². The standard InChI is InChI=1S/C26H38N4O2/c1-4-27-26(28-18-24(31)19-32-25-12-8-9-20(2)17-25)29-23-13-15-30(16-14-23)21(3)22-10-6-5-7-11-22/h5-12,17,21,23-24,31H,4,13-16,18-19H2,1-3H3,(H2,27,28,29). The first-order valence-electron chi connectivity index (χ1n) is 11.8. The van der Waals surface area contributed by atoms with Crippen LogP contribution in [-0.4, -0.2) is 60.9 Å². The summed E-state index contributed by atoms with van der Waals surface area (Å²) in [5, 5.41) is 17.2. The lowest BCUT2D eigenvalue weighted by Crippen LogP contribution is -2.49. The molecule has 1 fully saturated rings. The molecule has 0 aliphatic carbocycles. The highest BCUT2D eigenvalue weighted by atomic mass is 16.5. The summed E-state index contributed by atoms with van der Waals surface area (Å²) in [6.07, 6.45) is 1.49. The first-order chi connectivity index (χ1) is 15.5. The number of likely N-dealkylation sites (tertiary alicyclic amines) is 1. The van der Waals surface area contributed by atoms with Crippen LogP contribution in [0.25, 0.3) is 0 Å². The largest absolute Gasteiger partial charge is 0.491 e. The lowest BCUT2D eigenvalue weighted by Gasteiger charge is -2.37. The second-order valence-corrected chi connectivity index (χ2v) is 8.54. The summed E-state index contributed by atoms with van der Waals surface area (Å²) in [5.74, 6) is 1.53. The molecule has 0 spiro atoms. The van der Waals surface area contributed by atoms with E-state index < -0.39 is 6.10 Å². The highest BCUT2D eigenvalue weighted by Crippen LogP contribution is 2.24. The van der Waals surface area contributed by atoms with Crippen LogP contribution in [0, 0.1) is 6.92 Å². The molecule has 0 aromatic heterocycles. The lowest BCUT2D eigenvalue weighted by atomic mass is 10.0. The van der Waals surface area contributed by atoms with Crippen molar-refractivity contribution in [2.45, 2.75) is 51.8 Å². The van der Waals surface area contributed by atoms with Crippen molar-refractivity contribution in [1.29, 1.82) is 0 Å². The number of aliphatic hydroxyl groups is 1. The van der Waals surface area contributed by atoms with Crippen molar-refractivity contribution in [3.63, 3.8) is 0 Å². The number of rotatable bonds is 9. The van der Waals surface area contributed by atoms with Gasteiger partial charge in [0.05, 0.1) is 6.54 Å². The number of aliphatic hydroxyl groups excluding tert-OH is 1. The van der Waals surface area contributed by atoms with Crippen molar-refractivity contribution in [1.82, 2.24) is 15.5 Å². The normalized spacial score (nSPS) is 17.6. The molecule has 3 rings (SSSR count). The number of nitrogens with zero attached hydrogens (tertiary/aromatic N) is 2. The molecule has 0 saturated carbocycles. The van der Waals surface area contributed by atoms with Gasteiger partial charge in [-0.1, -0.05) is 42.5 Å². The number of ether oxygens (including phenoxy) is 1. The van der Waals surface area contributed by atoms with Gasteiger partial charge in [0, 0.05) is 31.7 Å². The molecular weight excluding hydrogens is 400 g/mol. The summed E-state index contributed by atoms with van der Waals surface area (Å²) in [6.45, 7) is 9.78. The van der Waals surface area contributed by atoms with Crippen LogP contribution in [0.5, 0.6) is 5.75 Å². The van der Waals surface area contributed by atoms with Crippen molar-refractivity contribution in [3.8, 4) is 5.75 Å². The zero-order chi connectivity index (χ0) is 22.8. The number of piperidine rings is 1. The topological polar surface area (TPSA) is 69.1 Å². The number of aliphatic imine (C=N–C) groups is 1. The number of guanidine groups is 1. The second kappa shape index (κ2) is 12.5. The summed E-state index contributed by atoms with van der Waals surface area (Å²) in [5.41, 5.74) is 2.51. The fourth-order valence-electron chi connectivity index (χ4n) is 4.03. The molecule has 2 unspecified atom stereocenters. The van der Waals surface area contributed by atoms with E-state index in [4.69, 9.17) is 4.74 Å². The maximum Gasteiger partial charge on any atom is 0.191 e. The van der Waals surface area contributed by atoms with E-state index in [0.717, 1.165) is 49.7 Å². The van der Waals surface area contributed by atoms with E-state index in [1.54, 1.807) is 0 Å². The third-order valence-corrected chi connectivity index (χ3v) is 5.94. The van der Waals surface area contributed by atoms with Crippen LogP contribution in [0.15, 0.2) is 59.6 Å². The average Bonchev–Trinajstić information content (AvgIpc) is 2.82. The molecule has 174 valence electrons. The van der Waals surface area contributed by atoms with Gasteiger partial charge in [-0.25, -0.2) is 0 Å². The van der Waals surface area contributed by atoms with E-state index in [2.05, 4.69) is 64.7 Å². The number of hydrogen-bond acceptors (Lipinski definition) is 4. The Labute approximate surface area is 192 Å². The number of nitrogens with one attached hydrogen (secondary N) is 2. The fraction of sp³-hybridized carbons (Fsp3) is 0.500. The van der Waals surface area contributed by atoms with Crippen molar-refractivity contribution < 1.29 is 9.84 Å². The molecule has 32 heavy (non-hydrogen) atoms. The predicted octanol–water partition coefficient (Wildman–Crippen LogP) is 3.52. The van der Waals surface area contributed by atoms with E-state index in [-0.39, 0.29) is 6.61 Å². The molecule has 0 amide bonds. The van der Waals surface area contributed by atoms with E-state index >= 15 is 0 Å². The van der Waals surface area contributed by atoms with Gasteiger partial charge in [-0.2, -0.15) is 0 Å². The highest BCUT2D eigenvalue weighted by molar-refractivity contribution is 5.80. The van der Waals surface area contributed by atoms with Gasteiger partial charge in [0.1, 0.15) is 18.5 Å². The fourth-order valence-corrected chi connectivity index (χ4v) is 4.03. The summed E-state index contributed by atoms with van der Waals surface area (Å²) < 4.78 is 5.70. The van der Waals surface area contributed by atoms with E-state index in [0.29, 0.717) is 18.6 Å². The molecular formula is C26H38N4O2. The van der Waals surface area contributed by atoms with Crippen LogP contribution in [0.2, 0.25) is 0 Å². The molecule has 0 radical (unpaired) electrons. The van der Waals surface area contributed by atoms with Crippen molar-refractivity contribution in [2.75, 3.05) is 32.8 Å².